The maximum Gasteiger partial charge on any atom is 0.234 e. The van der Waals surface area contributed by atoms with Gasteiger partial charge in [0.2, 0.25) is 11.8 Å². The quantitative estimate of drug-likeness (QED) is 0.506. The van der Waals surface area contributed by atoms with Gasteiger partial charge < -0.3 is 10.2 Å². The van der Waals surface area contributed by atoms with Gasteiger partial charge in [0.25, 0.3) is 0 Å². The van der Waals surface area contributed by atoms with Crippen LogP contribution in [0.3, 0.4) is 0 Å². The van der Waals surface area contributed by atoms with Crippen molar-refractivity contribution in [3.05, 3.63) is 0 Å². The van der Waals surface area contributed by atoms with Crippen molar-refractivity contribution in [2.45, 2.75) is 6.42 Å². The molecule has 1 aliphatic rings. The van der Waals surface area contributed by atoms with Gasteiger partial charge >= 0.3 is 0 Å². The highest BCUT2D eigenvalue weighted by Gasteiger charge is 2.33. The van der Waals surface area contributed by atoms with Crippen LogP contribution in [-0.2, 0) is 9.59 Å². The number of hydrogen-bond donors (Lipinski definition) is 1. The van der Waals surface area contributed by atoms with Gasteiger partial charge in [-0.15, -0.1) is 0 Å². The van der Waals surface area contributed by atoms with Gasteiger partial charge in [-0.2, -0.15) is 0 Å². The lowest BCUT2D eigenvalue weighted by Crippen LogP contribution is -2.33. The number of nitrogens with zero attached hydrogens (tertiary/aromatic N) is 1. The zero-order valence-corrected chi connectivity index (χ0v) is 6.76. The van der Waals surface area contributed by atoms with Gasteiger partial charge in [-0.1, -0.05) is 0 Å². The first-order chi connectivity index (χ1) is 5.16. The van der Waals surface area contributed by atoms with Crippen LogP contribution in [0.1, 0.15) is 6.42 Å². The van der Waals surface area contributed by atoms with Crippen LogP contribution in [0.4, 0.5) is 0 Å². The highest BCUT2D eigenvalue weighted by atomic mass is 16.2. The molecule has 0 aliphatic carbocycles. The maximum absolute atomic E-state index is 11.2. The molecular formula is C7H12N2O2. The van der Waals surface area contributed by atoms with E-state index in [1.165, 1.54) is 0 Å². The van der Waals surface area contributed by atoms with Crippen molar-refractivity contribution < 1.29 is 9.59 Å². The van der Waals surface area contributed by atoms with E-state index in [0.717, 1.165) is 0 Å². The number of hydrogen-bond acceptors (Lipinski definition) is 2. The molecule has 4 heteroatoms. The second-order valence-corrected chi connectivity index (χ2v) is 2.72. The Balaban J connectivity index is 2.62. The highest BCUT2D eigenvalue weighted by Crippen LogP contribution is 2.15. The van der Waals surface area contributed by atoms with Crippen LogP contribution in [-0.4, -0.2) is 37.4 Å². The Bertz CT molecular complexity index is 191. The predicted octanol–water partition coefficient (Wildman–Crippen LogP) is -0.789. The van der Waals surface area contributed by atoms with Crippen molar-refractivity contribution in [3.63, 3.8) is 0 Å². The van der Waals surface area contributed by atoms with E-state index in [4.69, 9.17) is 0 Å². The Kier molecular flexibility index (Phi) is 2.12. The third-order valence-electron chi connectivity index (χ3n) is 1.99. The molecule has 0 aromatic heterocycles. The lowest BCUT2D eigenvalue weighted by atomic mass is 10.1. The summed E-state index contributed by atoms with van der Waals surface area (Å²) in [6, 6.07) is 0. The van der Waals surface area contributed by atoms with E-state index in [0.29, 0.717) is 13.0 Å². The Morgan fingerprint density at radius 3 is 2.73 bits per heavy atom. The monoisotopic (exact) mass is 156 g/mol. The van der Waals surface area contributed by atoms with E-state index in [1.54, 1.807) is 19.0 Å². The van der Waals surface area contributed by atoms with Crippen LogP contribution >= 0.6 is 0 Å². The molecule has 0 spiro atoms. The highest BCUT2D eigenvalue weighted by molar-refractivity contribution is 6.01. The Morgan fingerprint density at radius 1 is 1.73 bits per heavy atom. The molecular weight excluding hydrogens is 144 g/mol. The molecule has 1 heterocycles. The molecule has 1 N–H and O–H groups in total. The second-order valence-electron chi connectivity index (χ2n) is 2.72. The van der Waals surface area contributed by atoms with E-state index in [1.807, 2.05) is 0 Å². The van der Waals surface area contributed by atoms with Gasteiger partial charge in [-0.05, 0) is 6.42 Å². The van der Waals surface area contributed by atoms with Crippen LogP contribution in [0.25, 0.3) is 0 Å². The largest absolute Gasteiger partial charge is 0.358 e. The first-order valence-electron chi connectivity index (χ1n) is 3.63. The summed E-state index contributed by atoms with van der Waals surface area (Å²) in [6.45, 7) is 0.691. The van der Waals surface area contributed by atoms with Gasteiger partial charge in [0.05, 0.1) is 0 Å². The molecule has 1 saturated heterocycles. The van der Waals surface area contributed by atoms with E-state index < -0.39 is 5.92 Å². The Labute approximate surface area is 65.6 Å². The third kappa shape index (κ3) is 1.34. The van der Waals surface area contributed by atoms with Crippen LogP contribution in [0.2, 0.25) is 0 Å². The topological polar surface area (TPSA) is 49.4 Å². The van der Waals surface area contributed by atoms with Crippen molar-refractivity contribution >= 4 is 11.8 Å². The fourth-order valence-electron chi connectivity index (χ4n) is 1.24. The standard InChI is InChI=1S/C7H12N2O2/c1-8-6(10)5-3-4-9(2)7(5)11/h5H,3-4H2,1-2H3,(H,8,10). The lowest BCUT2D eigenvalue weighted by molar-refractivity contribution is -0.136. The first-order valence-corrected chi connectivity index (χ1v) is 3.63. The van der Waals surface area contributed by atoms with Crippen LogP contribution in [0.5, 0.6) is 0 Å². The molecule has 0 aromatic rings. The van der Waals surface area contributed by atoms with Crippen molar-refractivity contribution in [1.82, 2.24) is 10.2 Å². The smallest absolute Gasteiger partial charge is 0.234 e. The van der Waals surface area contributed by atoms with E-state index in [9.17, 15) is 9.59 Å². The van der Waals surface area contributed by atoms with Gasteiger partial charge in [-0.25, -0.2) is 0 Å². The van der Waals surface area contributed by atoms with E-state index in [-0.39, 0.29) is 11.8 Å². The predicted molar refractivity (Wildman–Crippen MR) is 39.8 cm³/mol. The molecule has 4 nitrogen and oxygen atoms in total. The minimum atomic E-state index is -0.440. The summed E-state index contributed by atoms with van der Waals surface area (Å²) in [5.41, 5.74) is 0. The molecule has 2 amide bonds. The first kappa shape index (κ1) is 8.04. The number of carbonyl (C=O) groups excluding carboxylic acids is 2. The van der Waals surface area contributed by atoms with Gasteiger partial charge in [-0.3, -0.25) is 9.59 Å². The second kappa shape index (κ2) is 2.90. The number of carbonyl (C=O) groups is 2. The molecule has 62 valence electrons. The number of likely N-dealkylation sites (tertiary alicyclic amines) is 1. The summed E-state index contributed by atoms with van der Waals surface area (Å²) in [4.78, 5) is 23.8. The molecule has 0 aromatic carbocycles. The van der Waals surface area contributed by atoms with E-state index in [2.05, 4.69) is 5.32 Å². The van der Waals surface area contributed by atoms with Crippen molar-refractivity contribution in [1.29, 1.82) is 0 Å². The lowest BCUT2D eigenvalue weighted by Gasteiger charge is -2.08. The normalized spacial score (nSPS) is 24.0. The molecule has 11 heavy (non-hydrogen) atoms. The van der Waals surface area contributed by atoms with Crippen molar-refractivity contribution in [2.24, 2.45) is 5.92 Å². The maximum atomic E-state index is 11.2. The van der Waals surface area contributed by atoms with Crippen LogP contribution in [0, 0.1) is 5.92 Å². The summed E-state index contributed by atoms with van der Waals surface area (Å²) in [6.07, 6.45) is 0.648. The molecule has 0 bridgehead atoms. The summed E-state index contributed by atoms with van der Waals surface area (Å²) < 4.78 is 0. The fourth-order valence-corrected chi connectivity index (χ4v) is 1.24. The average molecular weight is 156 g/mol. The molecule has 1 rings (SSSR count). The minimum absolute atomic E-state index is 0.0654. The summed E-state index contributed by atoms with van der Waals surface area (Å²) in [5.74, 6) is -0.672. The Morgan fingerprint density at radius 2 is 2.36 bits per heavy atom. The van der Waals surface area contributed by atoms with Gasteiger partial charge in [0.15, 0.2) is 0 Å². The SMILES string of the molecule is CNC(=O)C1CCN(C)C1=O. The van der Waals surface area contributed by atoms with Crippen molar-refractivity contribution in [3.8, 4) is 0 Å². The molecule has 1 unspecified atom stereocenters. The number of amides is 2. The third-order valence-corrected chi connectivity index (χ3v) is 1.99. The zero-order valence-electron chi connectivity index (χ0n) is 6.76. The average Bonchev–Trinajstić information content (AvgIpc) is 2.32. The summed E-state index contributed by atoms with van der Waals surface area (Å²) in [5, 5.41) is 2.47. The Hall–Kier alpha value is -1.06. The van der Waals surface area contributed by atoms with E-state index >= 15 is 0 Å². The number of rotatable bonds is 1. The molecule has 1 atom stereocenters. The minimum Gasteiger partial charge on any atom is -0.358 e. The van der Waals surface area contributed by atoms with Crippen LogP contribution in [0.15, 0.2) is 0 Å². The molecule has 1 fully saturated rings. The summed E-state index contributed by atoms with van der Waals surface area (Å²) in [7, 11) is 3.26. The molecule has 1 aliphatic heterocycles. The van der Waals surface area contributed by atoms with Crippen LogP contribution < -0.4 is 5.32 Å². The van der Waals surface area contributed by atoms with Gasteiger partial charge in [0, 0.05) is 20.6 Å². The molecule has 0 radical (unpaired) electrons. The molecule has 0 saturated carbocycles. The van der Waals surface area contributed by atoms with Crippen molar-refractivity contribution in [2.75, 3.05) is 20.6 Å². The zero-order chi connectivity index (χ0) is 8.43. The number of nitrogens with one attached hydrogen (secondary N) is 1. The fraction of sp³-hybridized carbons (Fsp3) is 0.714. The van der Waals surface area contributed by atoms with Gasteiger partial charge in [0.1, 0.15) is 5.92 Å². The summed E-state index contributed by atoms with van der Waals surface area (Å²) >= 11 is 0.